The van der Waals surface area contributed by atoms with Crippen LogP contribution in [0.2, 0.25) is 0 Å². The summed E-state index contributed by atoms with van der Waals surface area (Å²) in [6, 6.07) is 15.1. The van der Waals surface area contributed by atoms with Gasteiger partial charge in [0.2, 0.25) is 5.91 Å². The number of carboxylic acid groups (broad SMARTS) is 1. The van der Waals surface area contributed by atoms with Gasteiger partial charge in [-0.1, -0.05) is 48.5 Å². The fraction of sp³-hybridized carbons (Fsp3) is 0.423. The van der Waals surface area contributed by atoms with E-state index in [0.29, 0.717) is 6.54 Å². The van der Waals surface area contributed by atoms with Crippen LogP contribution in [0, 0.1) is 0 Å². The first-order chi connectivity index (χ1) is 16.3. The summed E-state index contributed by atoms with van der Waals surface area (Å²) in [6.07, 6.45) is 0.748. The van der Waals surface area contributed by atoms with Gasteiger partial charge in [-0.05, 0) is 48.7 Å². The Balaban J connectivity index is 1.40. The molecule has 2 aromatic carbocycles. The first kappa shape index (κ1) is 23.8. The monoisotopic (exact) mass is 465 g/mol. The van der Waals surface area contributed by atoms with Crippen LogP contribution in [0.1, 0.15) is 36.3 Å². The number of carbonyl (C=O) groups is 3. The van der Waals surface area contributed by atoms with E-state index in [0.717, 1.165) is 41.6 Å². The number of carboxylic acids is 1. The lowest BCUT2D eigenvalue weighted by Crippen LogP contribution is -2.51. The number of aliphatic carboxylic acids is 1. The number of carbonyl (C=O) groups excluding carboxylic acids is 2. The highest BCUT2D eigenvalue weighted by atomic mass is 16.5. The van der Waals surface area contributed by atoms with Crippen molar-refractivity contribution in [3.05, 3.63) is 59.7 Å². The maximum absolute atomic E-state index is 13.0. The van der Waals surface area contributed by atoms with Crippen molar-refractivity contribution in [2.45, 2.75) is 37.3 Å². The van der Waals surface area contributed by atoms with Crippen LogP contribution in [0.15, 0.2) is 48.5 Å². The van der Waals surface area contributed by atoms with Crippen molar-refractivity contribution >= 4 is 18.0 Å². The predicted molar refractivity (Wildman–Crippen MR) is 128 cm³/mol. The van der Waals surface area contributed by atoms with E-state index in [9.17, 15) is 19.5 Å². The largest absolute Gasteiger partial charge is 0.481 e. The van der Waals surface area contributed by atoms with Crippen molar-refractivity contribution in [3.63, 3.8) is 0 Å². The Morgan fingerprint density at radius 3 is 2.29 bits per heavy atom. The lowest BCUT2D eigenvalue weighted by Gasteiger charge is -2.28. The zero-order chi connectivity index (χ0) is 24.2. The first-order valence-corrected chi connectivity index (χ1v) is 11.6. The van der Waals surface area contributed by atoms with Gasteiger partial charge in [-0.3, -0.25) is 9.59 Å². The van der Waals surface area contributed by atoms with Gasteiger partial charge in [0.1, 0.15) is 12.6 Å². The molecular formula is C26H31N3O5. The fourth-order valence-corrected chi connectivity index (χ4v) is 5.04. The highest BCUT2D eigenvalue weighted by Crippen LogP contribution is 2.44. The molecule has 34 heavy (non-hydrogen) atoms. The third-order valence-corrected chi connectivity index (χ3v) is 6.84. The molecule has 0 radical (unpaired) electrons. The Labute approximate surface area is 199 Å². The average molecular weight is 466 g/mol. The molecule has 180 valence electrons. The minimum atomic E-state index is -1.19. The molecular weight excluding hydrogens is 434 g/mol. The molecule has 1 saturated heterocycles. The second-order valence-electron chi connectivity index (χ2n) is 9.12. The van der Waals surface area contributed by atoms with Crippen molar-refractivity contribution in [1.29, 1.82) is 0 Å². The maximum atomic E-state index is 13.0. The predicted octanol–water partition coefficient (Wildman–Crippen LogP) is 2.92. The SMILES string of the molecule is CN(CC1CCCN1C)C(=O)C(CC(=O)O)NC(=O)OCC1c2ccccc2-c2ccccc21. The van der Waals surface area contributed by atoms with Gasteiger partial charge in [-0.2, -0.15) is 0 Å². The number of likely N-dealkylation sites (tertiary alicyclic amines) is 1. The zero-order valence-electron chi connectivity index (χ0n) is 19.6. The molecule has 2 aliphatic rings. The molecule has 2 N–H and O–H groups in total. The Morgan fingerprint density at radius 2 is 1.74 bits per heavy atom. The van der Waals surface area contributed by atoms with E-state index < -0.39 is 30.4 Å². The highest BCUT2D eigenvalue weighted by Gasteiger charge is 2.32. The number of rotatable bonds is 8. The molecule has 2 amide bonds. The maximum Gasteiger partial charge on any atom is 0.407 e. The van der Waals surface area contributed by atoms with E-state index in [1.165, 1.54) is 4.90 Å². The van der Waals surface area contributed by atoms with Gasteiger partial charge in [0.25, 0.3) is 0 Å². The van der Waals surface area contributed by atoms with E-state index in [2.05, 4.69) is 10.2 Å². The van der Waals surface area contributed by atoms with Crippen molar-refractivity contribution in [2.75, 3.05) is 33.8 Å². The van der Waals surface area contributed by atoms with Gasteiger partial charge < -0.3 is 25.0 Å². The third-order valence-electron chi connectivity index (χ3n) is 6.84. The minimum absolute atomic E-state index is 0.0938. The zero-order valence-corrected chi connectivity index (χ0v) is 19.6. The van der Waals surface area contributed by atoms with E-state index in [1.807, 2.05) is 55.6 Å². The van der Waals surface area contributed by atoms with Crippen LogP contribution >= 0.6 is 0 Å². The van der Waals surface area contributed by atoms with Gasteiger partial charge in [0.15, 0.2) is 0 Å². The van der Waals surface area contributed by atoms with Crippen LogP contribution in [0.5, 0.6) is 0 Å². The van der Waals surface area contributed by atoms with Gasteiger partial charge in [-0.25, -0.2) is 4.79 Å². The molecule has 8 heteroatoms. The van der Waals surface area contributed by atoms with Crippen LogP contribution in [0.25, 0.3) is 11.1 Å². The van der Waals surface area contributed by atoms with E-state index in [-0.39, 0.29) is 18.6 Å². The molecule has 0 aromatic heterocycles. The molecule has 0 bridgehead atoms. The van der Waals surface area contributed by atoms with Crippen LogP contribution in [0.4, 0.5) is 4.79 Å². The molecule has 2 aromatic rings. The quantitative estimate of drug-likeness (QED) is 0.622. The number of ether oxygens (including phenoxy) is 1. The second kappa shape index (κ2) is 10.3. The summed E-state index contributed by atoms with van der Waals surface area (Å²) in [7, 11) is 3.66. The van der Waals surface area contributed by atoms with Gasteiger partial charge in [0.05, 0.1) is 6.42 Å². The summed E-state index contributed by atoms with van der Waals surface area (Å²) in [5.41, 5.74) is 4.39. The van der Waals surface area contributed by atoms with Gasteiger partial charge in [-0.15, -0.1) is 0 Å². The topological polar surface area (TPSA) is 99.2 Å². The summed E-state index contributed by atoms with van der Waals surface area (Å²) in [5, 5.41) is 11.8. The molecule has 1 aliphatic heterocycles. The molecule has 2 atom stereocenters. The number of likely N-dealkylation sites (N-methyl/N-ethyl adjacent to an activating group) is 2. The molecule has 1 aliphatic carbocycles. The van der Waals surface area contributed by atoms with E-state index >= 15 is 0 Å². The van der Waals surface area contributed by atoms with Crippen LogP contribution < -0.4 is 5.32 Å². The van der Waals surface area contributed by atoms with Crippen molar-refractivity contribution < 1.29 is 24.2 Å². The number of hydrogen-bond donors (Lipinski definition) is 2. The summed E-state index contributed by atoms with van der Waals surface area (Å²) >= 11 is 0. The molecule has 0 spiro atoms. The fourth-order valence-electron chi connectivity index (χ4n) is 5.04. The standard InChI is InChI=1S/C26H31N3O5/c1-28-13-7-8-17(28)15-29(2)25(32)23(14-24(30)31)27-26(33)34-16-22-20-11-5-3-9-18(20)19-10-4-6-12-21(19)22/h3-6,9-12,17,22-23H,7-8,13-16H2,1-2H3,(H,27,33)(H,30,31). The third kappa shape index (κ3) is 5.07. The van der Waals surface area contributed by atoms with Crippen molar-refractivity contribution in [2.24, 2.45) is 0 Å². The normalized spacial score (nSPS) is 18.1. The Kier molecular flexibility index (Phi) is 7.17. The smallest absolute Gasteiger partial charge is 0.407 e. The summed E-state index contributed by atoms with van der Waals surface area (Å²) in [6.45, 7) is 1.55. The highest BCUT2D eigenvalue weighted by molar-refractivity contribution is 5.89. The average Bonchev–Trinajstić information content (AvgIpc) is 3.37. The summed E-state index contributed by atoms with van der Waals surface area (Å²) < 4.78 is 5.51. The molecule has 2 unspecified atom stereocenters. The van der Waals surface area contributed by atoms with Crippen molar-refractivity contribution in [3.8, 4) is 11.1 Å². The van der Waals surface area contributed by atoms with Crippen LogP contribution in [-0.4, -0.2) is 78.8 Å². The number of nitrogens with zero attached hydrogens (tertiary/aromatic N) is 2. The van der Waals surface area contributed by atoms with E-state index in [4.69, 9.17) is 4.74 Å². The molecule has 1 fully saturated rings. The second-order valence-corrected chi connectivity index (χ2v) is 9.12. The number of alkyl carbamates (subject to hydrolysis) is 1. The Hall–Kier alpha value is -3.39. The molecule has 0 saturated carbocycles. The summed E-state index contributed by atoms with van der Waals surface area (Å²) in [5.74, 6) is -1.72. The van der Waals surface area contributed by atoms with Crippen LogP contribution in [0.3, 0.4) is 0 Å². The number of hydrogen-bond acceptors (Lipinski definition) is 5. The van der Waals surface area contributed by atoms with E-state index in [1.54, 1.807) is 7.05 Å². The van der Waals surface area contributed by atoms with Crippen molar-refractivity contribution in [1.82, 2.24) is 15.1 Å². The number of nitrogens with one attached hydrogen (secondary N) is 1. The molecule has 1 heterocycles. The summed E-state index contributed by atoms with van der Waals surface area (Å²) in [4.78, 5) is 40.7. The van der Waals surface area contributed by atoms with Crippen LogP contribution in [-0.2, 0) is 14.3 Å². The number of fused-ring (bicyclic) bond motifs is 3. The molecule has 4 rings (SSSR count). The lowest BCUT2D eigenvalue weighted by molar-refractivity contribution is -0.142. The number of benzene rings is 2. The lowest BCUT2D eigenvalue weighted by atomic mass is 9.98. The minimum Gasteiger partial charge on any atom is -0.481 e. The van der Waals surface area contributed by atoms with Gasteiger partial charge in [0, 0.05) is 25.6 Å². The Morgan fingerprint density at radius 1 is 1.12 bits per heavy atom. The van der Waals surface area contributed by atoms with Gasteiger partial charge >= 0.3 is 12.1 Å². The first-order valence-electron chi connectivity index (χ1n) is 11.6. The molecule has 8 nitrogen and oxygen atoms in total. The number of amides is 2. The Bertz CT molecular complexity index is 1030.